The Morgan fingerprint density at radius 3 is 2.70 bits per heavy atom. The highest BCUT2D eigenvalue weighted by Gasteiger charge is 2.36. The van der Waals surface area contributed by atoms with Gasteiger partial charge in [0.15, 0.2) is 0 Å². The van der Waals surface area contributed by atoms with E-state index in [1.54, 1.807) is 5.57 Å². The molecule has 3 rings (SSSR count). The maximum atomic E-state index is 4.05. The molecule has 1 aromatic rings. The molecule has 1 unspecified atom stereocenters. The molecule has 0 aromatic heterocycles. The maximum Gasteiger partial charge on any atom is -0.00230 e. The first kappa shape index (κ1) is 13.4. The molecule has 0 aliphatic heterocycles. The van der Waals surface area contributed by atoms with Gasteiger partial charge in [0, 0.05) is 0 Å². The quantitative estimate of drug-likeness (QED) is 0.672. The smallest absolute Gasteiger partial charge is 0.00230 e. The molecule has 0 radical (unpaired) electrons. The molecular formula is C20H24. The highest BCUT2D eigenvalue weighted by Crippen LogP contribution is 2.50. The highest BCUT2D eigenvalue weighted by atomic mass is 14.4. The fourth-order valence-corrected chi connectivity index (χ4v) is 3.71. The van der Waals surface area contributed by atoms with Crippen molar-refractivity contribution in [2.75, 3.05) is 0 Å². The van der Waals surface area contributed by atoms with Crippen molar-refractivity contribution in [1.29, 1.82) is 0 Å². The average Bonchev–Trinajstić information content (AvgIpc) is 2.81. The Kier molecular flexibility index (Phi) is 3.41. The molecule has 0 heteroatoms. The van der Waals surface area contributed by atoms with Gasteiger partial charge >= 0.3 is 0 Å². The minimum absolute atomic E-state index is 0.417. The van der Waals surface area contributed by atoms with Crippen LogP contribution in [0, 0.1) is 12.3 Å². The van der Waals surface area contributed by atoms with Crippen LogP contribution >= 0.6 is 0 Å². The fraction of sp³-hybridized carbons (Fsp3) is 0.400. The van der Waals surface area contributed by atoms with Gasteiger partial charge in [-0.05, 0) is 61.2 Å². The van der Waals surface area contributed by atoms with E-state index < -0.39 is 0 Å². The zero-order valence-electron chi connectivity index (χ0n) is 12.7. The predicted molar refractivity (Wildman–Crippen MR) is 86.8 cm³/mol. The SMILES string of the molecule is C=CC1=C(Cc2ccc(C)cc2)C=C2CCCC2(C)C1. The molecule has 20 heavy (non-hydrogen) atoms. The standard InChI is InChI=1S/C20H24/c1-4-17-14-20(3)11-5-6-19(20)13-18(17)12-16-9-7-15(2)8-10-16/h4,7-10,13H,1,5-6,11-12,14H2,2-3H3. The van der Waals surface area contributed by atoms with E-state index in [4.69, 9.17) is 0 Å². The van der Waals surface area contributed by atoms with Crippen LogP contribution in [-0.2, 0) is 6.42 Å². The van der Waals surface area contributed by atoms with Crippen molar-refractivity contribution in [3.05, 3.63) is 70.8 Å². The highest BCUT2D eigenvalue weighted by molar-refractivity contribution is 5.45. The van der Waals surface area contributed by atoms with Gasteiger partial charge in [0.25, 0.3) is 0 Å². The van der Waals surface area contributed by atoms with E-state index in [-0.39, 0.29) is 0 Å². The molecule has 0 spiro atoms. The third kappa shape index (κ3) is 2.40. The number of aryl methyl sites for hydroxylation is 1. The predicted octanol–water partition coefficient (Wildman–Crippen LogP) is 5.54. The second-order valence-electron chi connectivity index (χ2n) is 6.68. The number of hydrogen-bond acceptors (Lipinski definition) is 0. The molecule has 1 aromatic carbocycles. The third-order valence-electron chi connectivity index (χ3n) is 5.05. The monoisotopic (exact) mass is 264 g/mol. The summed E-state index contributed by atoms with van der Waals surface area (Å²) in [5, 5.41) is 0. The molecule has 104 valence electrons. The molecule has 0 amide bonds. The average molecular weight is 264 g/mol. The normalized spacial score (nSPS) is 25.4. The minimum atomic E-state index is 0.417. The molecule has 0 heterocycles. The molecule has 0 bridgehead atoms. The topological polar surface area (TPSA) is 0 Å². The zero-order valence-corrected chi connectivity index (χ0v) is 12.7. The molecule has 0 N–H and O–H groups in total. The van der Waals surface area contributed by atoms with Crippen LogP contribution in [0.5, 0.6) is 0 Å². The van der Waals surface area contributed by atoms with E-state index in [1.807, 2.05) is 0 Å². The second kappa shape index (κ2) is 5.09. The zero-order chi connectivity index (χ0) is 14.2. The first-order valence-corrected chi connectivity index (χ1v) is 7.72. The van der Waals surface area contributed by atoms with Crippen molar-refractivity contribution in [2.24, 2.45) is 5.41 Å². The molecule has 1 saturated carbocycles. The van der Waals surface area contributed by atoms with E-state index in [9.17, 15) is 0 Å². The van der Waals surface area contributed by atoms with Crippen LogP contribution in [0.15, 0.2) is 59.7 Å². The lowest BCUT2D eigenvalue weighted by molar-refractivity contribution is 0.402. The van der Waals surface area contributed by atoms with Gasteiger partial charge in [0.05, 0.1) is 0 Å². The molecule has 2 aliphatic carbocycles. The Morgan fingerprint density at radius 2 is 2.00 bits per heavy atom. The van der Waals surface area contributed by atoms with Crippen LogP contribution in [-0.4, -0.2) is 0 Å². The summed E-state index contributed by atoms with van der Waals surface area (Å²) in [6, 6.07) is 8.92. The first-order chi connectivity index (χ1) is 9.60. The third-order valence-corrected chi connectivity index (χ3v) is 5.05. The van der Waals surface area contributed by atoms with E-state index in [2.05, 4.69) is 56.8 Å². The summed E-state index contributed by atoms with van der Waals surface area (Å²) in [5.74, 6) is 0. The van der Waals surface area contributed by atoms with Crippen molar-refractivity contribution in [3.8, 4) is 0 Å². The van der Waals surface area contributed by atoms with Crippen LogP contribution in [0.1, 0.15) is 43.7 Å². The summed E-state index contributed by atoms with van der Waals surface area (Å²) in [6.07, 6.45) is 10.8. The van der Waals surface area contributed by atoms with Crippen molar-refractivity contribution < 1.29 is 0 Å². The van der Waals surface area contributed by atoms with Crippen molar-refractivity contribution >= 4 is 0 Å². The summed E-state index contributed by atoms with van der Waals surface area (Å²) >= 11 is 0. The van der Waals surface area contributed by atoms with Gasteiger partial charge in [-0.25, -0.2) is 0 Å². The summed E-state index contributed by atoms with van der Waals surface area (Å²) < 4.78 is 0. The molecule has 2 aliphatic rings. The van der Waals surface area contributed by atoms with E-state index in [0.29, 0.717) is 5.41 Å². The van der Waals surface area contributed by atoms with Crippen LogP contribution in [0.3, 0.4) is 0 Å². The number of allylic oxidation sites excluding steroid dienone is 5. The summed E-state index contributed by atoms with van der Waals surface area (Å²) in [7, 11) is 0. The van der Waals surface area contributed by atoms with Gasteiger partial charge < -0.3 is 0 Å². The van der Waals surface area contributed by atoms with Gasteiger partial charge in [0.2, 0.25) is 0 Å². The Balaban J connectivity index is 1.91. The number of benzene rings is 1. The van der Waals surface area contributed by atoms with Crippen LogP contribution in [0.25, 0.3) is 0 Å². The lowest BCUT2D eigenvalue weighted by Gasteiger charge is -2.32. The van der Waals surface area contributed by atoms with Crippen molar-refractivity contribution in [2.45, 2.75) is 46.0 Å². The van der Waals surface area contributed by atoms with Crippen molar-refractivity contribution in [1.82, 2.24) is 0 Å². The maximum absolute atomic E-state index is 4.05. The van der Waals surface area contributed by atoms with Gasteiger partial charge in [-0.15, -0.1) is 0 Å². The van der Waals surface area contributed by atoms with Gasteiger partial charge in [-0.1, -0.05) is 61.1 Å². The Bertz CT molecular complexity index is 583. The van der Waals surface area contributed by atoms with Crippen LogP contribution in [0.2, 0.25) is 0 Å². The Labute approximate surface area is 122 Å². The summed E-state index contributed by atoms with van der Waals surface area (Å²) in [4.78, 5) is 0. The van der Waals surface area contributed by atoms with E-state index >= 15 is 0 Å². The van der Waals surface area contributed by atoms with Crippen molar-refractivity contribution in [3.63, 3.8) is 0 Å². The second-order valence-corrected chi connectivity index (χ2v) is 6.68. The van der Waals surface area contributed by atoms with Gasteiger partial charge in [-0.2, -0.15) is 0 Å². The molecule has 0 saturated heterocycles. The van der Waals surface area contributed by atoms with E-state index in [0.717, 1.165) is 6.42 Å². The molecule has 1 fully saturated rings. The molecular weight excluding hydrogens is 240 g/mol. The number of fused-ring (bicyclic) bond motifs is 1. The minimum Gasteiger partial charge on any atom is -0.0988 e. The van der Waals surface area contributed by atoms with Crippen LogP contribution < -0.4 is 0 Å². The summed E-state index contributed by atoms with van der Waals surface area (Å²) in [6.45, 7) is 8.62. The number of rotatable bonds is 3. The van der Waals surface area contributed by atoms with Crippen LogP contribution in [0.4, 0.5) is 0 Å². The van der Waals surface area contributed by atoms with Gasteiger partial charge in [0.1, 0.15) is 0 Å². The Morgan fingerprint density at radius 1 is 1.25 bits per heavy atom. The van der Waals surface area contributed by atoms with E-state index in [1.165, 1.54) is 48.0 Å². The first-order valence-electron chi connectivity index (χ1n) is 7.72. The summed E-state index contributed by atoms with van der Waals surface area (Å²) in [5.41, 5.74) is 7.77. The molecule has 0 nitrogen and oxygen atoms in total. The largest absolute Gasteiger partial charge is 0.0988 e. The lowest BCUT2D eigenvalue weighted by atomic mass is 9.73. The molecule has 1 atom stereocenters. The van der Waals surface area contributed by atoms with Gasteiger partial charge in [-0.3, -0.25) is 0 Å². The fourth-order valence-electron chi connectivity index (χ4n) is 3.71. The number of hydrogen-bond donors (Lipinski definition) is 0. The Hall–Kier alpha value is -1.56. The lowest BCUT2D eigenvalue weighted by Crippen LogP contribution is -2.19.